The highest BCUT2D eigenvalue weighted by Gasteiger charge is 2.13. The number of benzene rings is 1. The van der Waals surface area contributed by atoms with E-state index in [-0.39, 0.29) is 5.54 Å². The van der Waals surface area contributed by atoms with Gasteiger partial charge in [-0.3, -0.25) is 0 Å². The summed E-state index contributed by atoms with van der Waals surface area (Å²) in [6, 6.07) is 11.2. The average Bonchev–Trinajstić information content (AvgIpc) is 2.44. The Morgan fingerprint density at radius 1 is 1.26 bits per heavy atom. The molecule has 6 heteroatoms. The summed E-state index contributed by atoms with van der Waals surface area (Å²) in [4.78, 5) is 4.29. The first-order chi connectivity index (χ1) is 10.8. The lowest BCUT2D eigenvalue weighted by atomic mass is 10.1. The maximum Gasteiger partial charge on any atom is 0.174 e. The number of nitrogens with zero attached hydrogens (tertiary/aromatic N) is 1. The van der Waals surface area contributed by atoms with E-state index in [2.05, 4.69) is 15.6 Å². The van der Waals surface area contributed by atoms with E-state index in [1.54, 1.807) is 6.20 Å². The second kappa shape index (κ2) is 7.62. The highest BCUT2D eigenvalue weighted by molar-refractivity contribution is 7.80. The minimum atomic E-state index is -0.124. The van der Waals surface area contributed by atoms with Gasteiger partial charge in [0.25, 0.3) is 0 Å². The van der Waals surface area contributed by atoms with Crippen LogP contribution in [0.4, 0.5) is 5.82 Å². The van der Waals surface area contributed by atoms with Crippen molar-refractivity contribution in [3.05, 3.63) is 53.2 Å². The summed E-state index contributed by atoms with van der Waals surface area (Å²) >= 11 is 11.3. The summed E-state index contributed by atoms with van der Waals surface area (Å²) in [6.45, 7) is 6.52. The zero-order valence-electron chi connectivity index (χ0n) is 13.4. The molecule has 122 valence electrons. The Hall–Kier alpha value is -1.85. The second-order valence-corrected chi connectivity index (χ2v) is 6.94. The number of anilines is 1. The zero-order chi connectivity index (χ0) is 16.9. The summed E-state index contributed by atoms with van der Waals surface area (Å²) in [5, 5.41) is 7.45. The smallest absolute Gasteiger partial charge is 0.174 e. The maximum atomic E-state index is 5.98. The first-order valence-electron chi connectivity index (χ1n) is 7.25. The van der Waals surface area contributed by atoms with E-state index in [0.717, 1.165) is 5.56 Å². The summed E-state index contributed by atoms with van der Waals surface area (Å²) in [6.07, 6.45) is 1.69. The van der Waals surface area contributed by atoms with Crippen LogP contribution in [0, 0.1) is 0 Å². The number of aromatic nitrogens is 1. The van der Waals surface area contributed by atoms with Gasteiger partial charge in [-0.2, -0.15) is 0 Å². The molecule has 2 rings (SSSR count). The fourth-order valence-corrected chi connectivity index (χ4v) is 2.48. The average molecular weight is 350 g/mol. The van der Waals surface area contributed by atoms with Gasteiger partial charge in [0, 0.05) is 16.8 Å². The molecule has 1 aromatic heterocycles. The van der Waals surface area contributed by atoms with Crippen LogP contribution in [0.5, 0.6) is 5.75 Å². The number of hydrogen-bond acceptors (Lipinski definition) is 3. The molecule has 0 saturated heterocycles. The van der Waals surface area contributed by atoms with Crippen LogP contribution in [-0.4, -0.2) is 15.6 Å². The van der Waals surface area contributed by atoms with Gasteiger partial charge in [-0.1, -0.05) is 23.7 Å². The fourth-order valence-electron chi connectivity index (χ4n) is 1.87. The van der Waals surface area contributed by atoms with Crippen molar-refractivity contribution in [1.29, 1.82) is 0 Å². The van der Waals surface area contributed by atoms with Crippen molar-refractivity contribution in [2.45, 2.75) is 32.9 Å². The van der Waals surface area contributed by atoms with Crippen molar-refractivity contribution >= 4 is 34.7 Å². The SMILES string of the molecule is CC(C)(C)NC(=S)Nc1ncccc1OCc1cccc(Cl)c1. The summed E-state index contributed by atoms with van der Waals surface area (Å²) in [7, 11) is 0. The van der Waals surface area contributed by atoms with Crippen molar-refractivity contribution in [1.82, 2.24) is 10.3 Å². The normalized spacial score (nSPS) is 11.0. The van der Waals surface area contributed by atoms with Crippen molar-refractivity contribution in [3.8, 4) is 5.75 Å². The van der Waals surface area contributed by atoms with Crippen LogP contribution >= 0.6 is 23.8 Å². The lowest BCUT2D eigenvalue weighted by Gasteiger charge is -2.23. The molecule has 0 aliphatic heterocycles. The molecule has 1 aromatic carbocycles. The quantitative estimate of drug-likeness (QED) is 0.801. The molecule has 4 nitrogen and oxygen atoms in total. The predicted octanol–water partition coefficient (Wildman–Crippen LogP) is 4.40. The minimum absolute atomic E-state index is 0.124. The molecule has 0 bridgehead atoms. The number of ether oxygens (including phenoxy) is 1. The molecule has 0 aliphatic rings. The molecule has 1 heterocycles. The minimum Gasteiger partial charge on any atom is -0.485 e. The first-order valence-corrected chi connectivity index (χ1v) is 8.03. The Labute approximate surface area is 147 Å². The van der Waals surface area contributed by atoms with Crippen LogP contribution in [0.1, 0.15) is 26.3 Å². The van der Waals surface area contributed by atoms with Crippen LogP contribution in [0.15, 0.2) is 42.6 Å². The van der Waals surface area contributed by atoms with Gasteiger partial charge < -0.3 is 15.4 Å². The Morgan fingerprint density at radius 3 is 2.74 bits per heavy atom. The topological polar surface area (TPSA) is 46.2 Å². The molecule has 2 N–H and O–H groups in total. The molecular formula is C17H20ClN3OS. The van der Waals surface area contributed by atoms with E-state index < -0.39 is 0 Å². The largest absolute Gasteiger partial charge is 0.485 e. The van der Waals surface area contributed by atoms with Gasteiger partial charge >= 0.3 is 0 Å². The number of pyridine rings is 1. The van der Waals surface area contributed by atoms with Crippen molar-refractivity contribution in [2.24, 2.45) is 0 Å². The molecule has 0 radical (unpaired) electrons. The number of halogens is 1. The standard InChI is InChI=1S/C17H20ClN3OS/c1-17(2,3)21-16(23)20-15-14(8-5-9-19-15)22-11-12-6-4-7-13(18)10-12/h4-10H,11H2,1-3H3,(H2,19,20,21,23). The lowest BCUT2D eigenvalue weighted by molar-refractivity contribution is 0.307. The maximum absolute atomic E-state index is 5.98. The van der Waals surface area contributed by atoms with Crippen molar-refractivity contribution < 1.29 is 4.74 Å². The molecule has 0 atom stereocenters. The first kappa shape index (κ1) is 17.5. The number of thiocarbonyl (C=S) groups is 1. The lowest BCUT2D eigenvalue weighted by Crippen LogP contribution is -2.43. The van der Waals surface area contributed by atoms with Crippen LogP contribution in [0.2, 0.25) is 5.02 Å². The van der Waals surface area contributed by atoms with Gasteiger partial charge in [0.15, 0.2) is 16.7 Å². The third-order valence-electron chi connectivity index (χ3n) is 2.77. The van der Waals surface area contributed by atoms with Gasteiger partial charge in [0.1, 0.15) is 6.61 Å². The van der Waals surface area contributed by atoms with Gasteiger partial charge in [0.2, 0.25) is 0 Å². The molecule has 0 unspecified atom stereocenters. The Bertz CT molecular complexity index is 686. The van der Waals surface area contributed by atoms with Crippen LogP contribution in [0.25, 0.3) is 0 Å². The third-order valence-corrected chi connectivity index (χ3v) is 3.21. The Morgan fingerprint density at radius 2 is 2.04 bits per heavy atom. The third kappa shape index (κ3) is 6.04. The molecule has 0 spiro atoms. The highest BCUT2D eigenvalue weighted by atomic mass is 35.5. The fraction of sp³-hybridized carbons (Fsp3) is 0.294. The van der Waals surface area contributed by atoms with E-state index >= 15 is 0 Å². The van der Waals surface area contributed by atoms with Crippen molar-refractivity contribution in [3.63, 3.8) is 0 Å². The van der Waals surface area contributed by atoms with Gasteiger partial charge in [-0.05, 0) is 62.8 Å². The predicted molar refractivity (Wildman–Crippen MR) is 99.1 cm³/mol. The van der Waals surface area contributed by atoms with Crippen LogP contribution in [-0.2, 0) is 6.61 Å². The summed E-state index contributed by atoms with van der Waals surface area (Å²) < 4.78 is 5.84. The second-order valence-electron chi connectivity index (χ2n) is 6.10. The van der Waals surface area contributed by atoms with Gasteiger partial charge in [0.05, 0.1) is 0 Å². The number of hydrogen-bond donors (Lipinski definition) is 2. The molecule has 0 fully saturated rings. The number of rotatable bonds is 4. The van der Waals surface area contributed by atoms with E-state index in [0.29, 0.717) is 28.3 Å². The van der Waals surface area contributed by atoms with Crippen molar-refractivity contribution in [2.75, 3.05) is 5.32 Å². The van der Waals surface area contributed by atoms with Gasteiger partial charge in [-0.15, -0.1) is 0 Å². The zero-order valence-corrected chi connectivity index (χ0v) is 15.0. The van der Waals surface area contributed by atoms with E-state index in [4.69, 9.17) is 28.6 Å². The van der Waals surface area contributed by atoms with Crippen LogP contribution in [0.3, 0.4) is 0 Å². The Balaban J connectivity index is 2.04. The number of nitrogens with one attached hydrogen (secondary N) is 2. The molecule has 0 aliphatic carbocycles. The van der Waals surface area contributed by atoms with E-state index in [9.17, 15) is 0 Å². The molecule has 2 aromatic rings. The molecule has 23 heavy (non-hydrogen) atoms. The Kier molecular flexibility index (Phi) is 5.80. The molecule has 0 amide bonds. The van der Waals surface area contributed by atoms with E-state index in [1.165, 1.54) is 0 Å². The van der Waals surface area contributed by atoms with E-state index in [1.807, 2.05) is 57.2 Å². The monoisotopic (exact) mass is 349 g/mol. The van der Waals surface area contributed by atoms with Crippen LogP contribution < -0.4 is 15.4 Å². The molecular weight excluding hydrogens is 330 g/mol. The summed E-state index contributed by atoms with van der Waals surface area (Å²) in [5.41, 5.74) is 0.864. The molecule has 0 saturated carbocycles. The van der Waals surface area contributed by atoms with Gasteiger partial charge in [-0.25, -0.2) is 4.98 Å². The summed E-state index contributed by atoms with van der Waals surface area (Å²) in [5.74, 6) is 1.21. The highest BCUT2D eigenvalue weighted by Crippen LogP contribution is 2.22.